The van der Waals surface area contributed by atoms with Gasteiger partial charge < -0.3 is 5.11 Å². The van der Waals surface area contributed by atoms with Gasteiger partial charge in [0.05, 0.1) is 16.0 Å². The fourth-order valence-corrected chi connectivity index (χ4v) is 1.44. The van der Waals surface area contributed by atoms with Crippen molar-refractivity contribution in [1.82, 2.24) is 4.98 Å². The van der Waals surface area contributed by atoms with E-state index in [1.807, 2.05) is 0 Å². The number of rotatable bonds is 3. The van der Waals surface area contributed by atoms with Crippen molar-refractivity contribution in [2.75, 3.05) is 0 Å². The fraction of sp³-hybridized carbons (Fsp3) is 0.286. The summed E-state index contributed by atoms with van der Waals surface area (Å²) >= 11 is 2.75. The van der Waals surface area contributed by atoms with Crippen molar-refractivity contribution in [3.8, 4) is 0 Å². The van der Waals surface area contributed by atoms with Gasteiger partial charge in [-0.05, 0) is 15.9 Å². The Morgan fingerprint density at radius 2 is 2.27 bits per heavy atom. The van der Waals surface area contributed by atoms with E-state index >= 15 is 0 Å². The zero-order valence-electron chi connectivity index (χ0n) is 7.15. The standard InChI is InChI=1S/C7H5BrF2N2O3/c8-3-1-5(12(14)15)4(2-13)11-6(3)7(9)10/h1,7,13H,2H2. The zero-order chi connectivity index (χ0) is 11.6. The number of aliphatic hydroxyl groups excluding tert-OH is 1. The van der Waals surface area contributed by atoms with Crippen LogP contribution in [0.25, 0.3) is 0 Å². The monoisotopic (exact) mass is 282 g/mol. The minimum Gasteiger partial charge on any atom is -0.390 e. The molecule has 0 aliphatic rings. The van der Waals surface area contributed by atoms with Crippen molar-refractivity contribution in [3.05, 3.63) is 32.0 Å². The lowest BCUT2D eigenvalue weighted by Gasteiger charge is -2.05. The van der Waals surface area contributed by atoms with E-state index in [0.717, 1.165) is 6.07 Å². The normalized spacial score (nSPS) is 10.7. The van der Waals surface area contributed by atoms with Gasteiger partial charge in [-0.2, -0.15) is 0 Å². The molecule has 0 amide bonds. The first-order valence-corrected chi connectivity index (χ1v) is 4.49. The van der Waals surface area contributed by atoms with E-state index in [4.69, 9.17) is 5.11 Å². The lowest BCUT2D eigenvalue weighted by atomic mass is 10.2. The molecule has 15 heavy (non-hydrogen) atoms. The molecule has 5 nitrogen and oxygen atoms in total. The molecule has 1 heterocycles. The molecule has 8 heteroatoms. The molecule has 0 aromatic carbocycles. The second kappa shape index (κ2) is 4.58. The highest BCUT2D eigenvalue weighted by Crippen LogP contribution is 2.30. The Hall–Kier alpha value is -1.15. The molecule has 82 valence electrons. The molecule has 0 saturated heterocycles. The van der Waals surface area contributed by atoms with Gasteiger partial charge in [-0.1, -0.05) is 0 Å². The van der Waals surface area contributed by atoms with Crippen molar-refractivity contribution in [2.45, 2.75) is 13.0 Å². The summed E-state index contributed by atoms with van der Waals surface area (Å²) < 4.78 is 24.5. The zero-order valence-corrected chi connectivity index (χ0v) is 8.74. The molecule has 0 fully saturated rings. The Morgan fingerprint density at radius 3 is 2.67 bits per heavy atom. The average molecular weight is 283 g/mol. The molecular weight excluding hydrogens is 278 g/mol. The maximum Gasteiger partial charge on any atom is 0.294 e. The molecule has 0 saturated carbocycles. The number of nitro groups is 1. The number of aliphatic hydroxyl groups is 1. The Labute approximate surface area is 91.0 Å². The second-order valence-electron chi connectivity index (χ2n) is 2.54. The number of nitrogens with zero attached hydrogens (tertiary/aromatic N) is 2. The molecular formula is C7H5BrF2N2O3. The molecule has 0 atom stereocenters. The quantitative estimate of drug-likeness (QED) is 0.681. The van der Waals surface area contributed by atoms with Crippen molar-refractivity contribution in [2.24, 2.45) is 0 Å². The first-order chi connectivity index (χ1) is 6.97. The highest BCUT2D eigenvalue weighted by molar-refractivity contribution is 9.10. The van der Waals surface area contributed by atoms with E-state index < -0.39 is 29.3 Å². The van der Waals surface area contributed by atoms with Gasteiger partial charge >= 0.3 is 0 Å². The maximum atomic E-state index is 12.3. The summed E-state index contributed by atoms with van der Waals surface area (Å²) in [6, 6.07) is 0.903. The van der Waals surface area contributed by atoms with Gasteiger partial charge in [0.1, 0.15) is 11.4 Å². The summed E-state index contributed by atoms with van der Waals surface area (Å²) in [7, 11) is 0. The van der Waals surface area contributed by atoms with Crippen LogP contribution in [0.1, 0.15) is 17.8 Å². The van der Waals surface area contributed by atoms with E-state index in [2.05, 4.69) is 20.9 Å². The van der Waals surface area contributed by atoms with Crippen LogP contribution < -0.4 is 0 Å². The minimum atomic E-state index is -2.86. The van der Waals surface area contributed by atoms with E-state index in [1.54, 1.807) is 0 Å². The van der Waals surface area contributed by atoms with Crippen molar-refractivity contribution in [1.29, 1.82) is 0 Å². The second-order valence-corrected chi connectivity index (χ2v) is 3.39. The number of pyridine rings is 1. The van der Waals surface area contributed by atoms with E-state index in [-0.39, 0.29) is 10.2 Å². The summed E-state index contributed by atoms with van der Waals surface area (Å²) in [5, 5.41) is 19.2. The highest BCUT2D eigenvalue weighted by atomic mass is 79.9. The Balaban J connectivity index is 3.35. The van der Waals surface area contributed by atoms with Crippen molar-refractivity contribution >= 4 is 21.6 Å². The van der Waals surface area contributed by atoms with Crippen LogP contribution in [0.4, 0.5) is 14.5 Å². The molecule has 0 radical (unpaired) electrons. The summed E-state index contributed by atoms with van der Waals surface area (Å²) in [6.07, 6.45) is -2.86. The third-order valence-corrected chi connectivity index (χ3v) is 2.25. The van der Waals surface area contributed by atoms with Crippen molar-refractivity contribution in [3.63, 3.8) is 0 Å². The van der Waals surface area contributed by atoms with E-state index in [1.165, 1.54) is 0 Å². The van der Waals surface area contributed by atoms with Gasteiger partial charge in [-0.15, -0.1) is 0 Å². The molecule has 0 aliphatic carbocycles. The molecule has 1 aromatic heterocycles. The molecule has 1 N–H and O–H groups in total. The molecule has 0 bridgehead atoms. The summed E-state index contributed by atoms with van der Waals surface area (Å²) in [5.74, 6) is 0. The lowest BCUT2D eigenvalue weighted by Crippen LogP contribution is -2.03. The number of alkyl halides is 2. The number of halogens is 3. The topological polar surface area (TPSA) is 76.3 Å². The van der Waals surface area contributed by atoms with Crippen LogP contribution in [0.2, 0.25) is 0 Å². The van der Waals surface area contributed by atoms with Crippen molar-refractivity contribution < 1.29 is 18.8 Å². The molecule has 0 aliphatic heterocycles. The smallest absolute Gasteiger partial charge is 0.294 e. The van der Waals surface area contributed by atoms with E-state index in [9.17, 15) is 18.9 Å². The van der Waals surface area contributed by atoms with Gasteiger partial charge in [0.2, 0.25) is 0 Å². The van der Waals surface area contributed by atoms with Gasteiger partial charge in [-0.3, -0.25) is 10.1 Å². The van der Waals surface area contributed by atoms with Crippen LogP contribution in [0.3, 0.4) is 0 Å². The SMILES string of the molecule is O=[N+]([O-])c1cc(Br)c(C(F)F)nc1CO. The van der Waals surface area contributed by atoms with Crippen LogP contribution in [-0.4, -0.2) is 15.0 Å². The van der Waals surface area contributed by atoms with E-state index in [0.29, 0.717) is 0 Å². The average Bonchev–Trinajstić information content (AvgIpc) is 2.16. The van der Waals surface area contributed by atoms with Crippen LogP contribution >= 0.6 is 15.9 Å². The Bertz CT molecular complexity index is 400. The van der Waals surface area contributed by atoms with Gasteiger partial charge in [0.15, 0.2) is 0 Å². The van der Waals surface area contributed by atoms with Crippen LogP contribution in [0.15, 0.2) is 10.5 Å². The third-order valence-electron chi connectivity index (χ3n) is 1.61. The molecule has 0 spiro atoms. The van der Waals surface area contributed by atoms with Gasteiger partial charge in [0.25, 0.3) is 12.1 Å². The predicted octanol–water partition coefficient (Wildman–Crippen LogP) is 2.18. The minimum absolute atomic E-state index is 0.151. The Morgan fingerprint density at radius 1 is 1.67 bits per heavy atom. The lowest BCUT2D eigenvalue weighted by molar-refractivity contribution is -0.386. The number of aromatic nitrogens is 1. The van der Waals surface area contributed by atoms with Gasteiger partial charge in [-0.25, -0.2) is 13.8 Å². The summed E-state index contributed by atoms with van der Waals surface area (Å²) in [6.45, 7) is -0.761. The van der Waals surface area contributed by atoms with Gasteiger partial charge in [0, 0.05) is 6.07 Å². The number of hydrogen-bond donors (Lipinski definition) is 1. The van der Waals surface area contributed by atoms with Crippen LogP contribution in [0, 0.1) is 10.1 Å². The third kappa shape index (κ3) is 2.45. The largest absolute Gasteiger partial charge is 0.390 e. The fourth-order valence-electron chi connectivity index (χ4n) is 0.961. The first-order valence-electron chi connectivity index (χ1n) is 3.70. The van der Waals surface area contributed by atoms with Crippen LogP contribution in [-0.2, 0) is 6.61 Å². The summed E-state index contributed by atoms with van der Waals surface area (Å²) in [4.78, 5) is 13.0. The highest BCUT2D eigenvalue weighted by Gasteiger charge is 2.22. The maximum absolute atomic E-state index is 12.3. The summed E-state index contributed by atoms with van der Waals surface area (Å²) in [5.41, 5.74) is -1.49. The predicted molar refractivity (Wildman–Crippen MR) is 49.5 cm³/mol. The molecule has 1 rings (SSSR count). The molecule has 0 unspecified atom stereocenters. The first kappa shape index (κ1) is 11.9. The molecule has 1 aromatic rings. The van der Waals surface area contributed by atoms with Crippen LogP contribution in [0.5, 0.6) is 0 Å². The Kier molecular flexibility index (Phi) is 3.64. The number of hydrogen-bond acceptors (Lipinski definition) is 4.